The van der Waals surface area contributed by atoms with E-state index in [9.17, 15) is 4.79 Å². The molecule has 1 heterocycles. The van der Waals surface area contributed by atoms with Crippen molar-refractivity contribution in [2.24, 2.45) is 0 Å². The molecular formula is C21H26ClN3O. The third-order valence-corrected chi connectivity index (χ3v) is 5.39. The van der Waals surface area contributed by atoms with Gasteiger partial charge in [-0.3, -0.25) is 4.90 Å². The van der Waals surface area contributed by atoms with Gasteiger partial charge in [-0.25, -0.2) is 4.79 Å². The molecule has 1 atom stereocenters. The lowest BCUT2D eigenvalue weighted by Gasteiger charge is -2.42. The van der Waals surface area contributed by atoms with E-state index in [4.69, 9.17) is 11.6 Å². The van der Waals surface area contributed by atoms with Crippen molar-refractivity contribution in [3.8, 4) is 0 Å². The number of amides is 2. The average Bonchev–Trinajstić information content (AvgIpc) is 2.66. The molecule has 2 aromatic rings. The molecule has 0 fully saturated rings. The van der Waals surface area contributed by atoms with Crippen molar-refractivity contribution < 1.29 is 4.79 Å². The molecule has 0 saturated heterocycles. The number of benzene rings is 2. The number of rotatable bonds is 6. The van der Waals surface area contributed by atoms with Crippen LogP contribution in [-0.4, -0.2) is 49.1 Å². The summed E-state index contributed by atoms with van der Waals surface area (Å²) >= 11 is 6.30. The fourth-order valence-corrected chi connectivity index (χ4v) is 3.81. The molecule has 26 heavy (non-hydrogen) atoms. The van der Waals surface area contributed by atoms with Crippen molar-refractivity contribution in [3.05, 3.63) is 64.7 Å². The second-order valence-corrected chi connectivity index (χ2v) is 7.01. The van der Waals surface area contributed by atoms with Crippen LogP contribution in [0.15, 0.2) is 48.5 Å². The van der Waals surface area contributed by atoms with E-state index in [1.54, 1.807) is 4.90 Å². The quantitative estimate of drug-likeness (QED) is 0.739. The smallest absolute Gasteiger partial charge is 0.312 e. The molecule has 5 heteroatoms. The van der Waals surface area contributed by atoms with Crippen LogP contribution in [0, 0.1) is 0 Å². The highest BCUT2D eigenvalue weighted by Gasteiger charge is 2.36. The van der Waals surface area contributed by atoms with Gasteiger partial charge in [-0.05, 0) is 36.9 Å². The first-order chi connectivity index (χ1) is 12.6. The van der Waals surface area contributed by atoms with Crippen LogP contribution in [0.2, 0.25) is 5.02 Å². The van der Waals surface area contributed by atoms with Crippen LogP contribution >= 0.6 is 11.6 Å². The summed E-state index contributed by atoms with van der Waals surface area (Å²) in [6, 6.07) is 15.9. The van der Waals surface area contributed by atoms with Gasteiger partial charge in [0.25, 0.3) is 0 Å². The molecular weight excluding hydrogens is 346 g/mol. The molecule has 4 nitrogen and oxygen atoms in total. The molecule has 0 saturated carbocycles. The normalized spacial score (nSPS) is 17.0. The van der Waals surface area contributed by atoms with Crippen LogP contribution < -0.4 is 4.90 Å². The summed E-state index contributed by atoms with van der Waals surface area (Å²) < 4.78 is 0. The summed E-state index contributed by atoms with van der Waals surface area (Å²) in [5, 5.41) is 0.691. The Morgan fingerprint density at radius 1 is 1.08 bits per heavy atom. The molecule has 0 bridgehead atoms. The first-order valence-corrected chi connectivity index (χ1v) is 9.55. The monoisotopic (exact) mass is 371 g/mol. The molecule has 1 unspecified atom stereocenters. The second-order valence-electron chi connectivity index (χ2n) is 6.58. The zero-order chi connectivity index (χ0) is 18.7. The van der Waals surface area contributed by atoms with Crippen molar-refractivity contribution in [2.45, 2.75) is 19.9 Å². The van der Waals surface area contributed by atoms with Gasteiger partial charge < -0.3 is 9.80 Å². The summed E-state index contributed by atoms with van der Waals surface area (Å²) in [5.74, 6) is 0. The lowest BCUT2D eigenvalue weighted by Crippen LogP contribution is -2.50. The van der Waals surface area contributed by atoms with Gasteiger partial charge in [0.1, 0.15) is 0 Å². The Balaban J connectivity index is 2.04. The number of fused-ring (bicyclic) bond motifs is 1. The molecule has 0 aliphatic carbocycles. The van der Waals surface area contributed by atoms with Gasteiger partial charge in [-0.15, -0.1) is 0 Å². The molecule has 2 amide bonds. The number of hydrogen-bond acceptors (Lipinski definition) is 2. The molecule has 1 aliphatic rings. The van der Waals surface area contributed by atoms with E-state index in [0.717, 1.165) is 36.4 Å². The van der Waals surface area contributed by atoms with Gasteiger partial charge in [-0.2, -0.15) is 0 Å². The zero-order valence-corrected chi connectivity index (χ0v) is 16.4. The maximum absolute atomic E-state index is 13.1. The van der Waals surface area contributed by atoms with Crippen LogP contribution in [0.5, 0.6) is 0 Å². The summed E-state index contributed by atoms with van der Waals surface area (Å²) in [5.41, 5.74) is 3.11. The maximum Gasteiger partial charge on any atom is 0.325 e. The van der Waals surface area contributed by atoms with Crippen LogP contribution in [0.25, 0.3) is 0 Å². The van der Waals surface area contributed by atoms with Crippen LogP contribution in [0.1, 0.15) is 31.0 Å². The van der Waals surface area contributed by atoms with E-state index >= 15 is 0 Å². The Morgan fingerprint density at radius 2 is 1.77 bits per heavy atom. The van der Waals surface area contributed by atoms with Gasteiger partial charge >= 0.3 is 6.03 Å². The summed E-state index contributed by atoms with van der Waals surface area (Å²) in [6.07, 6.45) is 0. The number of halogens is 1. The lowest BCUT2D eigenvalue weighted by molar-refractivity contribution is 0.173. The van der Waals surface area contributed by atoms with Crippen LogP contribution in [0.4, 0.5) is 10.5 Å². The highest BCUT2D eigenvalue weighted by Crippen LogP contribution is 2.41. The number of anilines is 1. The minimum absolute atomic E-state index is 0.0285. The van der Waals surface area contributed by atoms with Crippen molar-refractivity contribution in [2.75, 3.05) is 38.1 Å². The first-order valence-electron chi connectivity index (χ1n) is 9.17. The van der Waals surface area contributed by atoms with Gasteiger partial charge in [-0.1, -0.05) is 55.8 Å². The molecule has 0 aromatic heterocycles. The van der Waals surface area contributed by atoms with Gasteiger partial charge in [0.15, 0.2) is 0 Å². The lowest BCUT2D eigenvalue weighted by atomic mass is 9.93. The Morgan fingerprint density at radius 3 is 2.42 bits per heavy atom. The number of nitrogens with zero attached hydrogens (tertiary/aromatic N) is 3. The highest BCUT2D eigenvalue weighted by molar-refractivity contribution is 6.30. The SMILES string of the molecule is CCN(CC)CCN1C(=O)N(C)c2ccc(Cl)cc2C1c1ccccc1. The van der Waals surface area contributed by atoms with E-state index in [2.05, 4.69) is 30.9 Å². The Bertz CT molecular complexity index is 761. The van der Waals surface area contributed by atoms with Crippen LogP contribution in [0.3, 0.4) is 0 Å². The Kier molecular flexibility index (Phi) is 5.84. The topological polar surface area (TPSA) is 26.8 Å². The number of hydrogen-bond donors (Lipinski definition) is 0. The third kappa shape index (κ3) is 3.57. The summed E-state index contributed by atoms with van der Waals surface area (Å²) in [6.45, 7) is 7.79. The molecule has 3 rings (SSSR count). The van der Waals surface area contributed by atoms with Gasteiger partial charge in [0, 0.05) is 30.7 Å². The second kappa shape index (κ2) is 8.11. The number of urea groups is 1. The largest absolute Gasteiger partial charge is 0.325 e. The molecule has 2 aromatic carbocycles. The molecule has 0 spiro atoms. The molecule has 0 radical (unpaired) electrons. The highest BCUT2D eigenvalue weighted by atomic mass is 35.5. The third-order valence-electron chi connectivity index (χ3n) is 5.16. The number of carbonyl (C=O) groups excluding carboxylic acids is 1. The molecule has 1 aliphatic heterocycles. The predicted octanol–water partition coefficient (Wildman–Crippen LogP) is 4.64. The number of carbonyl (C=O) groups is 1. The van der Waals surface area contributed by atoms with E-state index in [0.29, 0.717) is 11.6 Å². The van der Waals surface area contributed by atoms with E-state index < -0.39 is 0 Å². The van der Waals surface area contributed by atoms with E-state index in [-0.39, 0.29) is 12.1 Å². The minimum Gasteiger partial charge on any atom is -0.312 e. The summed E-state index contributed by atoms with van der Waals surface area (Å²) in [4.78, 5) is 19.2. The molecule has 138 valence electrons. The van der Waals surface area contributed by atoms with Crippen LogP contribution in [-0.2, 0) is 0 Å². The van der Waals surface area contributed by atoms with Crippen molar-refractivity contribution in [1.29, 1.82) is 0 Å². The Labute approximate surface area is 161 Å². The standard InChI is InChI=1S/C21H26ClN3O/c1-4-24(5-2)13-14-25-20(16-9-7-6-8-10-16)18-15-17(22)11-12-19(18)23(3)21(25)26/h6-12,15,20H,4-5,13-14H2,1-3H3. The van der Waals surface area contributed by atoms with Gasteiger partial charge in [0.2, 0.25) is 0 Å². The van der Waals surface area contributed by atoms with E-state index in [1.165, 1.54) is 0 Å². The molecule has 0 N–H and O–H groups in total. The maximum atomic E-state index is 13.1. The average molecular weight is 372 g/mol. The zero-order valence-electron chi connectivity index (χ0n) is 15.7. The van der Waals surface area contributed by atoms with Gasteiger partial charge in [0.05, 0.1) is 11.7 Å². The Hall–Kier alpha value is -2.04. The van der Waals surface area contributed by atoms with E-state index in [1.807, 2.05) is 48.3 Å². The first kappa shape index (κ1) is 18.7. The van der Waals surface area contributed by atoms with Crippen molar-refractivity contribution in [3.63, 3.8) is 0 Å². The fraction of sp³-hybridized carbons (Fsp3) is 0.381. The minimum atomic E-state index is -0.121. The fourth-order valence-electron chi connectivity index (χ4n) is 3.63. The van der Waals surface area contributed by atoms with Crippen molar-refractivity contribution >= 4 is 23.3 Å². The van der Waals surface area contributed by atoms with Crippen molar-refractivity contribution in [1.82, 2.24) is 9.80 Å². The number of likely N-dealkylation sites (N-methyl/N-ethyl adjacent to an activating group) is 1. The predicted molar refractivity (Wildman–Crippen MR) is 108 cm³/mol. The summed E-state index contributed by atoms with van der Waals surface area (Å²) in [7, 11) is 1.83.